The van der Waals surface area contributed by atoms with Gasteiger partial charge in [-0.2, -0.15) is 0 Å². The SMILES string of the molecule is O=S(=O)(C1CC1)N1CCC2OCCCC2(COCC2CC2)C1. The topological polar surface area (TPSA) is 55.8 Å². The molecule has 0 N–H and O–H groups in total. The van der Waals surface area contributed by atoms with Crippen LogP contribution in [-0.4, -0.2) is 57.0 Å². The van der Waals surface area contributed by atoms with Crippen LogP contribution in [-0.2, 0) is 19.5 Å². The van der Waals surface area contributed by atoms with Crippen molar-refractivity contribution in [3.63, 3.8) is 0 Å². The summed E-state index contributed by atoms with van der Waals surface area (Å²) in [5.74, 6) is 0.745. The molecule has 0 spiro atoms. The number of hydrogen-bond donors (Lipinski definition) is 0. The van der Waals surface area contributed by atoms with Crippen LogP contribution in [0.25, 0.3) is 0 Å². The van der Waals surface area contributed by atoms with E-state index in [4.69, 9.17) is 9.47 Å². The van der Waals surface area contributed by atoms with Crippen molar-refractivity contribution in [2.24, 2.45) is 11.3 Å². The first-order valence-electron chi connectivity index (χ1n) is 8.78. The zero-order chi connectivity index (χ0) is 15.2. The number of piperidine rings is 1. The molecule has 0 radical (unpaired) electrons. The number of nitrogens with zero attached hydrogens (tertiary/aromatic N) is 1. The third-order valence-corrected chi connectivity index (χ3v) is 8.04. The zero-order valence-corrected chi connectivity index (χ0v) is 14.0. The first-order valence-corrected chi connectivity index (χ1v) is 10.3. The van der Waals surface area contributed by atoms with Gasteiger partial charge in [-0.05, 0) is 50.9 Å². The molecule has 0 amide bonds. The lowest BCUT2D eigenvalue weighted by atomic mass is 9.73. The van der Waals surface area contributed by atoms with E-state index in [0.717, 1.165) is 51.2 Å². The van der Waals surface area contributed by atoms with E-state index in [2.05, 4.69) is 0 Å². The average molecular weight is 329 g/mol. The third kappa shape index (κ3) is 2.95. The predicted octanol–water partition coefficient (Wildman–Crippen LogP) is 1.78. The number of fused-ring (bicyclic) bond motifs is 1. The highest BCUT2D eigenvalue weighted by Crippen LogP contribution is 2.43. The molecule has 4 aliphatic rings. The number of ether oxygens (including phenoxy) is 2. The lowest BCUT2D eigenvalue weighted by Crippen LogP contribution is -2.58. The van der Waals surface area contributed by atoms with Gasteiger partial charge in [0.15, 0.2) is 0 Å². The lowest BCUT2D eigenvalue weighted by Gasteiger charge is -2.49. The molecule has 22 heavy (non-hydrogen) atoms. The summed E-state index contributed by atoms with van der Waals surface area (Å²) in [7, 11) is -3.08. The summed E-state index contributed by atoms with van der Waals surface area (Å²) < 4.78 is 38.9. The van der Waals surface area contributed by atoms with Crippen molar-refractivity contribution < 1.29 is 17.9 Å². The van der Waals surface area contributed by atoms with E-state index in [1.807, 2.05) is 0 Å². The Balaban J connectivity index is 1.47. The van der Waals surface area contributed by atoms with E-state index >= 15 is 0 Å². The minimum Gasteiger partial charge on any atom is -0.380 e. The van der Waals surface area contributed by atoms with Crippen molar-refractivity contribution in [3.8, 4) is 0 Å². The van der Waals surface area contributed by atoms with Crippen molar-refractivity contribution in [1.29, 1.82) is 0 Å². The Labute approximate surface area is 133 Å². The minimum absolute atomic E-state index is 0.113. The monoisotopic (exact) mass is 329 g/mol. The number of hydrogen-bond acceptors (Lipinski definition) is 4. The van der Waals surface area contributed by atoms with Gasteiger partial charge in [-0.1, -0.05) is 0 Å². The molecule has 2 atom stereocenters. The maximum Gasteiger partial charge on any atom is 0.217 e. The fourth-order valence-electron chi connectivity index (χ4n) is 3.97. The number of rotatable bonds is 6. The minimum atomic E-state index is -3.08. The number of sulfonamides is 1. The molecule has 0 aromatic heterocycles. The van der Waals surface area contributed by atoms with Crippen LogP contribution in [0, 0.1) is 11.3 Å². The second-order valence-electron chi connectivity index (χ2n) is 7.65. The van der Waals surface area contributed by atoms with Crippen molar-refractivity contribution in [3.05, 3.63) is 0 Å². The van der Waals surface area contributed by atoms with Gasteiger partial charge in [0.1, 0.15) is 0 Å². The predicted molar refractivity (Wildman–Crippen MR) is 83.1 cm³/mol. The summed E-state index contributed by atoms with van der Waals surface area (Å²) in [6.45, 7) is 3.52. The van der Waals surface area contributed by atoms with Crippen molar-refractivity contribution in [1.82, 2.24) is 4.31 Å². The Morgan fingerprint density at radius 1 is 1.18 bits per heavy atom. The average Bonchev–Trinajstić information content (AvgIpc) is 3.38. The summed E-state index contributed by atoms with van der Waals surface area (Å²) in [5, 5.41) is -0.113. The van der Waals surface area contributed by atoms with Crippen LogP contribution in [0.2, 0.25) is 0 Å². The van der Waals surface area contributed by atoms with E-state index in [-0.39, 0.29) is 16.8 Å². The zero-order valence-electron chi connectivity index (χ0n) is 13.2. The summed E-state index contributed by atoms with van der Waals surface area (Å²) in [6, 6.07) is 0. The highest BCUT2D eigenvalue weighted by molar-refractivity contribution is 7.90. The maximum atomic E-state index is 12.6. The molecule has 0 aromatic carbocycles. The van der Waals surface area contributed by atoms with Crippen molar-refractivity contribution in [2.75, 3.05) is 32.9 Å². The molecule has 5 nitrogen and oxygen atoms in total. The molecule has 2 aliphatic heterocycles. The fourth-order valence-corrected chi connectivity index (χ4v) is 5.92. The summed E-state index contributed by atoms with van der Waals surface area (Å²) in [4.78, 5) is 0. The first-order chi connectivity index (χ1) is 10.6. The van der Waals surface area contributed by atoms with E-state index in [0.29, 0.717) is 19.7 Å². The highest BCUT2D eigenvalue weighted by Gasteiger charge is 2.51. The Bertz CT molecular complexity index is 514. The highest BCUT2D eigenvalue weighted by atomic mass is 32.2. The van der Waals surface area contributed by atoms with Crippen molar-refractivity contribution >= 4 is 10.0 Å². The van der Waals surface area contributed by atoms with Gasteiger partial charge in [0.05, 0.1) is 18.0 Å². The molecule has 2 aliphatic carbocycles. The standard InChI is InChI=1S/C16H27NO4S/c18-22(19,14-4-5-14)17-8-6-15-16(11-17,7-1-9-21-15)12-20-10-13-2-3-13/h13-15H,1-12H2. The first kappa shape index (κ1) is 15.4. The molecule has 6 heteroatoms. The molecule has 2 unspecified atom stereocenters. The van der Waals surface area contributed by atoms with E-state index < -0.39 is 10.0 Å². The van der Waals surface area contributed by atoms with Crippen LogP contribution < -0.4 is 0 Å². The molecular formula is C16H27NO4S. The Hall–Kier alpha value is -0.170. The second-order valence-corrected chi connectivity index (χ2v) is 9.86. The molecule has 126 valence electrons. The summed E-state index contributed by atoms with van der Waals surface area (Å²) >= 11 is 0. The molecule has 0 bridgehead atoms. The molecular weight excluding hydrogens is 302 g/mol. The summed E-state index contributed by atoms with van der Waals surface area (Å²) in [5.41, 5.74) is -0.118. The van der Waals surface area contributed by atoms with Gasteiger partial charge in [-0.15, -0.1) is 0 Å². The van der Waals surface area contributed by atoms with Gasteiger partial charge in [-0.25, -0.2) is 12.7 Å². The van der Waals surface area contributed by atoms with Gasteiger partial charge in [0.25, 0.3) is 0 Å². The molecule has 4 rings (SSSR count). The van der Waals surface area contributed by atoms with Crippen LogP contribution in [0.1, 0.15) is 44.9 Å². The molecule has 0 aromatic rings. The van der Waals surface area contributed by atoms with Gasteiger partial charge in [0.2, 0.25) is 10.0 Å². The van der Waals surface area contributed by atoms with Gasteiger partial charge in [0, 0.05) is 31.7 Å². The largest absolute Gasteiger partial charge is 0.380 e. The van der Waals surface area contributed by atoms with Gasteiger partial charge in [-0.3, -0.25) is 0 Å². The van der Waals surface area contributed by atoms with E-state index in [1.54, 1.807) is 4.31 Å². The molecule has 4 fully saturated rings. The third-order valence-electron chi connectivity index (χ3n) is 5.70. The Morgan fingerprint density at radius 3 is 2.73 bits per heavy atom. The van der Waals surface area contributed by atoms with Crippen LogP contribution in [0.4, 0.5) is 0 Å². The van der Waals surface area contributed by atoms with Gasteiger partial charge < -0.3 is 9.47 Å². The van der Waals surface area contributed by atoms with E-state index in [1.165, 1.54) is 12.8 Å². The Kier molecular flexibility index (Phi) is 4.00. The molecule has 2 saturated heterocycles. The van der Waals surface area contributed by atoms with Gasteiger partial charge >= 0.3 is 0 Å². The molecule has 2 saturated carbocycles. The smallest absolute Gasteiger partial charge is 0.217 e. The van der Waals surface area contributed by atoms with E-state index in [9.17, 15) is 8.42 Å². The Morgan fingerprint density at radius 2 is 2.00 bits per heavy atom. The maximum absolute atomic E-state index is 12.6. The van der Waals surface area contributed by atoms with Crippen LogP contribution >= 0.6 is 0 Å². The lowest BCUT2D eigenvalue weighted by molar-refractivity contribution is -0.143. The fraction of sp³-hybridized carbons (Fsp3) is 1.00. The summed E-state index contributed by atoms with van der Waals surface area (Å²) in [6.07, 6.45) is 7.28. The molecule has 2 heterocycles. The van der Waals surface area contributed by atoms with Crippen LogP contribution in [0.5, 0.6) is 0 Å². The second kappa shape index (κ2) is 5.72. The normalized spacial score (nSPS) is 37.0. The van der Waals surface area contributed by atoms with Crippen LogP contribution in [0.3, 0.4) is 0 Å². The van der Waals surface area contributed by atoms with Crippen LogP contribution in [0.15, 0.2) is 0 Å². The quantitative estimate of drug-likeness (QED) is 0.745. The van der Waals surface area contributed by atoms with Crippen molar-refractivity contribution in [2.45, 2.75) is 56.3 Å².